The lowest BCUT2D eigenvalue weighted by Gasteiger charge is -2.18. The summed E-state index contributed by atoms with van der Waals surface area (Å²) in [6, 6.07) is 0. The van der Waals surface area contributed by atoms with Gasteiger partial charge in [-0.2, -0.15) is 0 Å². The Kier molecular flexibility index (Phi) is 6.44. The fraction of sp³-hybridized carbons (Fsp3) is 1.00. The van der Waals surface area contributed by atoms with Gasteiger partial charge in [0.2, 0.25) is 10.0 Å². The van der Waals surface area contributed by atoms with Crippen LogP contribution in [0, 0.1) is 5.92 Å². The molecule has 0 aromatic carbocycles. The van der Waals surface area contributed by atoms with Crippen molar-refractivity contribution < 1.29 is 8.42 Å². The molecule has 0 bridgehead atoms. The summed E-state index contributed by atoms with van der Waals surface area (Å²) in [6.45, 7) is 3.31. The van der Waals surface area contributed by atoms with Crippen LogP contribution in [0.25, 0.3) is 0 Å². The average Bonchev–Trinajstić information content (AvgIpc) is 2.81. The van der Waals surface area contributed by atoms with E-state index >= 15 is 0 Å². The van der Waals surface area contributed by atoms with Crippen LogP contribution < -0.4 is 10.5 Å². The Morgan fingerprint density at radius 3 is 2.47 bits per heavy atom. The standard InChI is InChI=1S/C12H26N2O2S/c1-2-5-11(8-9-13)10-14-17(15,16)12-6-3-4-7-12/h11-12,14H,2-10,13H2,1H3. The topological polar surface area (TPSA) is 72.2 Å². The highest BCUT2D eigenvalue weighted by atomic mass is 32.2. The second kappa shape index (κ2) is 7.34. The van der Waals surface area contributed by atoms with Crippen LogP contribution in [0.3, 0.4) is 0 Å². The van der Waals surface area contributed by atoms with Crippen LogP contribution in [-0.2, 0) is 10.0 Å². The van der Waals surface area contributed by atoms with E-state index in [1.165, 1.54) is 0 Å². The maximum Gasteiger partial charge on any atom is 0.214 e. The number of rotatable bonds is 8. The van der Waals surface area contributed by atoms with Crippen molar-refractivity contribution in [2.45, 2.75) is 57.1 Å². The van der Waals surface area contributed by atoms with Crippen LogP contribution in [0.5, 0.6) is 0 Å². The van der Waals surface area contributed by atoms with Gasteiger partial charge in [0.1, 0.15) is 0 Å². The van der Waals surface area contributed by atoms with Crippen LogP contribution in [0.2, 0.25) is 0 Å². The predicted octanol–water partition coefficient (Wildman–Crippen LogP) is 1.61. The lowest BCUT2D eigenvalue weighted by atomic mass is 10.0. The van der Waals surface area contributed by atoms with Crippen molar-refractivity contribution in [3.05, 3.63) is 0 Å². The monoisotopic (exact) mass is 262 g/mol. The fourth-order valence-electron chi connectivity index (χ4n) is 2.54. The molecule has 1 saturated carbocycles. The van der Waals surface area contributed by atoms with Crippen LogP contribution >= 0.6 is 0 Å². The molecular weight excluding hydrogens is 236 g/mol. The first kappa shape index (κ1) is 14.9. The van der Waals surface area contributed by atoms with Gasteiger partial charge < -0.3 is 5.73 Å². The number of hydrogen-bond acceptors (Lipinski definition) is 3. The third-order valence-corrected chi connectivity index (χ3v) is 5.50. The molecule has 1 fully saturated rings. The van der Waals surface area contributed by atoms with Crippen LogP contribution in [0.15, 0.2) is 0 Å². The number of nitrogens with one attached hydrogen (secondary N) is 1. The second-order valence-corrected chi connectivity index (χ2v) is 7.08. The lowest BCUT2D eigenvalue weighted by Crippen LogP contribution is -2.36. The van der Waals surface area contributed by atoms with E-state index in [2.05, 4.69) is 11.6 Å². The Labute approximate surface area is 105 Å². The minimum Gasteiger partial charge on any atom is -0.330 e. The highest BCUT2D eigenvalue weighted by Gasteiger charge is 2.28. The summed E-state index contributed by atoms with van der Waals surface area (Å²) in [5, 5.41) is -0.150. The highest BCUT2D eigenvalue weighted by Crippen LogP contribution is 2.24. The number of nitrogens with two attached hydrogens (primary N) is 1. The molecule has 102 valence electrons. The molecule has 0 heterocycles. The summed E-state index contributed by atoms with van der Waals surface area (Å²) >= 11 is 0. The van der Waals surface area contributed by atoms with Gasteiger partial charge in [-0.1, -0.05) is 26.2 Å². The zero-order valence-corrected chi connectivity index (χ0v) is 11.6. The van der Waals surface area contributed by atoms with E-state index in [4.69, 9.17) is 5.73 Å². The third-order valence-electron chi connectivity index (χ3n) is 3.59. The maximum absolute atomic E-state index is 12.0. The first-order chi connectivity index (χ1) is 8.10. The first-order valence-electron chi connectivity index (χ1n) is 6.78. The van der Waals surface area contributed by atoms with Crippen LogP contribution in [0.4, 0.5) is 0 Å². The van der Waals surface area contributed by atoms with Gasteiger partial charge in [-0.25, -0.2) is 13.1 Å². The maximum atomic E-state index is 12.0. The van der Waals surface area contributed by atoms with Crippen molar-refractivity contribution >= 4 is 10.0 Å². The second-order valence-electron chi connectivity index (χ2n) is 5.03. The Bertz CT molecular complexity index is 292. The Morgan fingerprint density at radius 2 is 1.94 bits per heavy atom. The molecule has 0 radical (unpaired) electrons. The summed E-state index contributed by atoms with van der Waals surface area (Å²) in [7, 11) is -3.08. The largest absolute Gasteiger partial charge is 0.330 e. The van der Waals surface area contributed by atoms with Gasteiger partial charge in [0, 0.05) is 6.54 Å². The highest BCUT2D eigenvalue weighted by molar-refractivity contribution is 7.90. The van der Waals surface area contributed by atoms with Crippen LogP contribution in [-0.4, -0.2) is 26.8 Å². The van der Waals surface area contributed by atoms with E-state index in [-0.39, 0.29) is 5.25 Å². The minimum absolute atomic E-state index is 0.150. The molecule has 4 nitrogen and oxygen atoms in total. The van der Waals surface area contributed by atoms with E-state index in [9.17, 15) is 8.42 Å². The quantitative estimate of drug-likeness (QED) is 0.698. The summed E-state index contributed by atoms with van der Waals surface area (Å²) in [6.07, 6.45) is 6.77. The van der Waals surface area contributed by atoms with Gasteiger partial charge in [-0.15, -0.1) is 0 Å². The smallest absolute Gasteiger partial charge is 0.214 e. The normalized spacial score (nSPS) is 19.6. The third kappa shape index (κ3) is 4.94. The van der Waals surface area contributed by atoms with Gasteiger partial charge in [0.25, 0.3) is 0 Å². The molecule has 0 spiro atoms. The molecule has 1 unspecified atom stereocenters. The van der Waals surface area contributed by atoms with E-state index < -0.39 is 10.0 Å². The van der Waals surface area contributed by atoms with Crippen molar-refractivity contribution in [1.82, 2.24) is 4.72 Å². The summed E-state index contributed by atoms with van der Waals surface area (Å²) < 4.78 is 26.8. The number of hydrogen-bond donors (Lipinski definition) is 2. The molecule has 1 atom stereocenters. The van der Waals surface area contributed by atoms with E-state index in [1.54, 1.807) is 0 Å². The predicted molar refractivity (Wildman–Crippen MR) is 71.2 cm³/mol. The van der Waals surface area contributed by atoms with Crippen molar-refractivity contribution in [2.24, 2.45) is 11.7 Å². The number of sulfonamides is 1. The molecule has 0 saturated heterocycles. The Hall–Kier alpha value is -0.130. The fourth-order valence-corrected chi connectivity index (χ4v) is 4.20. The van der Waals surface area contributed by atoms with Gasteiger partial charge in [-0.3, -0.25) is 0 Å². The van der Waals surface area contributed by atoms with Crippen molar-refractivity contribution in [3.8, 4) is 0 Å². The van der Waals surface area contributed by atoms with Gasteiger partial charge in [0.05, 0.1) is 5.25 Å². The summed E-state index contributed by atoms with van der Waals surface area (Å²) in [5.74, 6) is 0.390. The molecule has 5 heteroatoms. The van der Waals surface area contributed by atoms with Gasteiger partial charge >= 0.3 is 0 Å². The lowest BCUT2D eigenvalue weighted by molar-refractivity contribution is 0.441. The molecule has 0 aliphatic heterocycles. The summed E-state index contributed by atoms with van der Waals surface area (Å²) in [5.41, 5.74) is 5.54. The molecule has 1 rings (SSSR count). The van der Waals surface area contributed by atoms with Crippen molar-refractivity contribution in [3.63, 3.8) is 0 Å². The SMILES string of the molecule is CCCC(CCN)CNS(=O)(=O)C1CCCC1. The van der Waals surface area contributed by atoms with E-state index in [0.717, 1.165) is 44.9 Å². The molecule has 0 aromatic rings. The zero-order valence-electron chi connectivity index (χ0n) is 10.8. The van der Waals surface area contributed by atoms with Gasteiger partial charge in [0.15, 0.2) is 0 Å². The molecule has 0 aromatic heterocycles. The first-order valence-corrected chi connectivity index (χ1v) is 8.33. The van der Waals surface area contributed by atoms with Gasteiger partial charge in [-0.05, 0) is 38.1 Å². The molecule has 17 heavy (non-hydrogen) atoms. The Morgan fingerprint density at radius 1 is 1.29 bits per heavy atom. The van der Waals surface area contributed by atoms with Crippen LogP contribution in [0.1, 0.15) is 51.9 Å². The van der Waals surface area contributed by atoms with Crippen molar-refractivity contribution in [1.29, 1.82) is 0 Å². The zero-order chi connectivity index (χ0) is 12.7. The summed E-state index contributed by atoms with van der Waals surface area (Å²) in [4.78, 5) is 0. The van der Waals surface area contributed by atoms with E-state index in [0.29, 0.717) is 19.0 Å². The van der Waals surface area contributed by atoms with Crippen molar-refractivity contribution in [2.75, 3.05) is 13.1 Å². The minimum atomic E-state index is -3.08. The molecule has 3 N–H and O–H groups in total. The molecule has 0 amide bonds. The molecular formula is C12H26N2O2S. The van der Waals surface area contributed by atoms with E-state index in [1.807, 2.05) is 0 Å². The molecule has 1 aliphatic rings. The Balaban J connectivity index is 2.40. The average molecular weight is 262 g/mol. The molecule has 1 aliphatic carbocycles.